The summed E-state index contributed by atoms with van der Waals surface area (Å²) in [6, 6.07) is 6.79. The number of nitrogens with two attached hydrogens (primary N) is 1. The first-order chi connectivity index (χ1) is 9.60. The first-order valence-electron chi connectivity index (χ1n) is 6.70. The molecule has 1 aromatic carbocycles. The van der Waals surface area contributed by atoms with Crippen molar-refractivity contribution in [2.45, 2.75) is 25.9 Å². The highest BCUT2D eigenvalue weighted by atomic mass is 16.6. The third-order valence-corrected chi connectivity index (χ3v) is 3.23. The molecule has 3 N–H and O–H groups in total. The molecule has 0 aliphatic carbocycles. The van der Waals surface area contributed by atoms with E-state index in [-0.39, 0.29) is 6.23 Å². The Hall–Kier alpha value is -1.63. The lowest BCUT2D eigenvalue weighted by Gasteiger charge is -2.35. The summed E-state index contributed by atoms with van der Waals surface area (Å²) in [6.07, 6.45) is -0.192. The molecule has 20 heavy (non-hydrogen) atoms. The number of β-amino-alcohol motifs (C(OH)–C–C–N with tert-alkyl or cyclic N) is 1. The quantitative estimate of drug-likeness (QED) is 0.823. The van der Waals surface area contributed by atoms with Gasteiger partial charge in [-0.2, -0.15) is 0 Å². The zero-order valence-corrected chi connectivity index (χ0v) is 11.5. The number of benzene rings is 1. The largest absolute Gasteiger partial charge is 0.475 e. The van der Waals surface area contributed by atoms with E-state index in [4.69, 9.17) is 15.2 Å². The highest BCUT2D eigenvalue weighted by Gasteiger charge is 2.25. The first-order valence-corrected chi connectivity index (χ1v) is 6.70. The van der Waals surface area contributed by atoms with Crippen LogP contribution in [-0.4, -0.2) is 48.1 Å². The summed E-state index contributed by atoms with van der Waals surface area (Å²) < 4.78 is 11.0. The van der Waals surface area contributed by atoms with E-state index in [1.54, 1.807) is 24.3 Å². The topological polar surface area (TPSA) is 85.0 Å². The van der Waals surface area contributed by atoms with Gasteiger partial charge in [0.25, 0.3) is 0 Å². The molecule has 1 amide bonds. The Morgan fingerprint density at radius 2 is 2.45 bits per heavy atom. The summed E-state index contributed by atoms with van der Waals surface area (Å²) in [4.78, 5) is 13.2. The van der Waals surface area contributed by atoms with Gasteiger partial charge in [-0.25, -0.2) is 0 Å². The summed E-state index contributed by atoms with van der Waals surface area (Å²) in [5, 5.41) is 9.53. The van der Waals surface area contributed by atoms with Crippen LogP contribution < -0.4 is 10.5 Å². The summed E-state index contributed by atoms with van der Waals surface area (Å²) in [5.41, 5.74) is 5.67. The van der Waals surface area contributed by atoms with Crippen LogP contribution in [0.4, 0.5) is 0 Å². The number of ether oxygens (including phenoxy) is 2. The first kappa shape index (κ1) is 14.8. The van der Waals surface area contributed by atoms with E-state index < -0.39 is 12.2 Å². The lowest BCUT2D eigenvalue weighted by atomic mass is 10.2. The molecule has 1 heterocycles. The zero-order chi connectivity index (χ0) is 14.5. The van der Waals surface area contributed by atoms with E-state index in [0.717, 1.165) is 6.42 Å². The third-order valence-electron chi connectivity index (χ3n) is 3.23. The van der Waals surface area contributed by atoms with Crippen molar-refractivity contribution in [2.75, 3.05) is 19.7 Å². The molecule has 0 spiro atoms. The van der Waals surface area contributed by atoms with Gasteiger partial charge in [0.1, 0.15) is 5.75 Å². The molecule has 2 atom stereocenters. The molecule has 0 radical (unpaired) electrons. The third kappa shape index (κ3) is 3.69. The predicted octanol–water partition coefficient (Wildman–Crippen LogP) is 0.551. The number of amides is 1. The number of primary amides is 1. The number of aliphatic hydroxyl groups excluding tert-OH is 1. The lowest BCUT2D eigenvalue weighted by Crippen LogP contribution is -2.49. The van der Waals surface area contributed by atoms with Crippen LogP contribution in [0.15, 0.2) is 24.3 Å². The molecule has 0 saturated carbocycles. The molecular formula is C14H20N2O4. The van der Waals surface area contributed by atoms with Crippen LogP contribution >= 0.6 is 0 Å². The number of hydrogen-bond donors (Lipinski definition) is 2. The molecule has 1 aliphatic rings. The smallest absolute Gasteiger partial charge is 0.248 e. The van der Waals surface area contributed by atoms with Crippen LogP contribution in [0.5, 0.6) is 5.75 Å². The summed E-state index contributed by atoms with van der Waals surface area (Å²) in [7, 11) is 0. The molecule has 0 aromatic heterocycles. The van der Waals surface area contributed by atoms with Gasteiger partial charge in [0.15, 0.2) is 12.5 Å². The minimum Gasteiger partial charge on any atom is -0.475 e. The van der Waals surface area contributed by atoms with E-state index in [0.29, 0.717) is 31.0 Å². The summed E-state index contributed by atoms with van der Waals surface area (Å²) in [5.74, 6) is 0.111. The molecule has 2 rings (SSSR count). The number of hydrogen-bond acceptors (Lipinski definition) is 5. The van der Waals surface area contributed by atoms with Crippen LogP contribution in [0.2, 0.25) is 0 Å². The SMILES string of the molecule is CCC(Oc1cccc(C(N)=O)c1)N1CCOC(O)C1. The van der Waals surface area contributed by atoms with Crippen LogP contribution in [0.25, 0.3) is 0 Å². The molecule has 6 heteroatoms. The fraction of sp³-hybridized carbons (Fsp3) is 0.500. The second kappa shape index (κ2) is 6.69. The van der Waals surface area contributed by atoms with Crippen molar-refractivity contribution in [1.82, 2.24) is 4.90 Å². The van der Waals surface area contributed by atoms with Crippen LogP contribution in [-0.2, 0) is 4.74 Å². The number of nitrogens with zero attached hydrogens (tertiary/aromatic N) is 1. The maximum absolute atomic E-state index is 11.2. The Kier molecular flexibility index (Phi) is 4.94. The molecule has 1 fully saturated rings. The van der Waals surface area contributed by atoms with Crippen molar-refractivity contribution in [3.8, 4) is 5.75 Å². The monoisotopic (exact) mass is 280 g/mol. The Morgan fingerprint density at radius 3 is 3.10 bits per heavy atom. The van der Waals surface area contributed by atoms with Gasteiger partial charge in [0.05, 0.1) is 13.2 Å². The van der Waals surface area contributed by atoms with Crippen molar-refractivity contribution in [3.63, 3.8) is 0 Å². The van der Waals surface area contributed by atoms with Gasteiger partial charge in [0.2, 0.25) is 5.91 Å². The van der Waals surface area contributed by atoms with E-state index >= 15 is 0 Å². The van der Waals surface area contributed by atoms with Gasteiger partial charge in [-0.05, 0) is 24.6 Å². The van der Waals surface area contributed by atoms with E-state index in [1.165, 1.54) is 0 Å². The maximum atomic E-state index is 11.2. The number of carbonyl (C=O) groups excluding carboxylic acids is 1. The molecule has 110 valence electrons. The number of rotatable bonds is 5. The zero-order valence-electron chi connectivity index (χ0n) is 11.5. The molecule has 6 nitrogen and oxygen atoms in total. The Labute approximate surface area is 118 Å². The normalized spacial score (nSPS) is 21.4. The molecule has 1 saturated heterocycles. The summed E-state index contributed by atoms with van der Waals surface area (Å²) in [6.45, 7) is 3.59. The second-order valence-electron chi connectivity index (χ2n) is 4.69. The van der Waals surface area contributed by atoms with Crippen LogP contribution in [0.3, 0.4) is 0 Å². The Morgan fingerprint density at radius 1 is 1.65 bits per heavy atom. The molecular weight excluding hydrogens is 260 g/mol. The van der Waals surface area contributed by atoms with E-state index in [1.807, 2.05) is 11.8 Å². The average molecular weight is 280 g/mol. The summed E-state index contributed by atoms with van der Waals surface area (Å²) >= 11 is 0. The minimum atomic E-state index is -0.779. The van der Waals surface area contributed by atoms with Gasteiger partial charge < -0.3 is 20.3 Å². The van der Waals surface area contributed by atoms with Crippen molar-refractivity contribution in [1.29, 1.82) is 0 Å². The Bertz CT molecular complexity index is 466. The van der Waals surface area contributed by atoms with Gasteiger partial charge in [-0.1, -0.05) is 13.0 Å². The molecule has 2 unspecified atom stereocenters. The van der Waals surface area contributed by atoms with Crippen molar-refractivity contribution >= 4 is 5.91 Å². The second-order valence-corrected chi connectivity index (χ2v) is 4.69. The number of morpholine rings is 1. The maximum Gasteiger partial charge on any atom is 0.248 e. The van der Waals surface area contributed by atoms with Gasteiger partial charge in [0, 0.05) is 12.1 Å². The number of aliphatic hydroxyl groups is 1. The van der Waals surface area contributed by atoms with Gasteiger partial charge in [-0.3, -0.25) is 9.69 Å². The van der Waals surface area contributed by atoms with Crippen molar-refractivity contribution < 1.29 is 19.4 Å². The standard InChI is InChI=1S/C14H20N2O4/c1-2-12(16-6-7-19-13(17)9-16)20-11-5-3-4-10(8-11)14(15)18/h3-5,8,12-13,17H,2,6-7,9H2,1H3,(H2,15,18). The van der Waals surface area contributed by atoms with E-state index in [2.05, 4.69) is 0 Å². The molecule has 1 aromatic rings. The highest BCUT2D eigenvalue weighted by molar-refractivity contribution is 5.93. The minimum absolute atomic E-state index is 0.170. The predicted molar refractivity (Wildman–Crippen MR) is 73.2 cm³/mol. The van der Waals surface area contributed by atoms with Crippen LogP contribution in [0, 0.1) is 0 Å². The molecule has 0 bridgehead atoms. The fourth-order valence-electron chi connectivity index (χ4n) is 2.21. The van der Waals surface area contributed by atoms with Crippen LogP contribution in [0.1, 0.15) is 23.7 Å². The Balaban J connectivity index is 2.05. The van der Waals surface area contributed by atoms with Crippen molar-refractivity contribution in [3.05, 3.63) is 29.8 Å². The average Bonchev–Trinajstić information content (AvgIpc) is 2.45. The van der Waals surface area contributed by atoms with Gasteiger partial charge in [-0.15, -0.1) is 0 Å². The van der Waals surface area contributed by atoms with Crippen molar-refractivity contribution in [2.24, 2.45) is 5.73 Å². The van der Waals surface area contributed by atoms with E-state index in [9.17, 15) is 9.90 Å². The molecule has 1 aliphatic heterocycles. The fourth-order valence-corrected chi connectivity index (χ4v) is 2.21. The highest BCUT2D eigenvalue weighted by Crippen LogP contribution is 2.19. The lowest BCUT2D eigenvalue weighted by molar-refractivity contribution is -0.169. The number of carbonyl (C=O) groups is 1. The van der Waals surface area contributed by atoms with Gasteiger partial charge >= 0.3 is 0 Å².